The van der Waals surface area contributed by atoms with Crippen LogP contribution < -0.4 is 0 Å². The SMILES string of the molecule is COC(=O)C=Cc1cc(-n2nc3ccc(C(F)(F)F)cc3n2)c(O)c(C(C)(C)C)c1. The van der Waals surface area contributed by atoms with Gasteiger partial charge in [0.25, 0.3) is 0 Å². The monoisotopic (exact) mass is 419 g/mol. The number of nitrogens with zero attached hydrogens (tertiary/aromatic N) is 3. The molecule has 1 heterocycles. The molecule has 0 unspecified atom stereocenters. The first-order valence-electron chi connectivity index (χ1n) is 8.98. The van der Waals surface area contributed by atoms with Crippen LogP contribution in [0.15, 0.2) is 36.4 Å². The van der Waals surface area contributed by atoms with Crippen molar-refractivity contribution in [3.05, 3.63) is 53.1 Å². The van der Waals surface area contributed by atoms with E-state index in [9.17, 15) is 23.1 Å². The number of carbonyl (C=O) groups excluding carboxylic acids is 1. The van der Waals surface area contributed by atoms with Crippen molar-refractivity contribution in [3.63, 3.8) is 0 Å². The van der Waals surface area contributed by atoms with Crippen molar-refractivity contribution in [3.8, 4) is 11.4 Å². The van der Waals surface area contributed by atoms with E-state index in [1.807, 2.05) is 20.8 Å². The van der Waals surface area contributed by atoms with Gasteiger partial charge in [0.1, 0.15) is 22.5 Å². The smallest absolute Gasteiger partial charge is 0.416 e. The van der Waals surface area contributed by atoms with Gasteiger partial charge in [0.15, 0.2) is 0 Å². The Labute approximate surface area is 170 Å². The van der Waals surface area contributed by atoms with E-state index in [0.717, 1.165) is 16.9 Å². The van der Waals surface area contributed by atoms with Crippen LogP contribution in [0.5, 0.6) is 5.75 Å². The van der Waals surface area contributed by atoms with Crippen molar-refractivity contribution >= 4 is 23.1 Å². The molecule has 1 aromatic heterocycles. The maximum atomic E-state index is 13.0. The standard InChI is InChI=1S/C21H20F3N3O3/c1-20(2,3)14-9-12(5-8-18(28)30-4)10-17(19(14)29)27-25-15-7-6-13(21(22,23)24)11-16(15)26-27/h5-11,29H,1-4H3. The Morgan fingerprint density at radius 1 is 1.10 bits per heavy atom. The summed E-state index contributed by atoms with van der Waals surface area (Å²) in [6.45, 7) is 5.67. The first kappa shape index (κ1) is 21.4. The minimum Gasteiger partial charge on any atom is -0.505 e. The number of hydrogen-bond donors (Lipinski definition) is 1. The maximum absolute atomic E-state index is 13.0. The molecule has 0 saturated heterocycles. The third-order valence-corrected chi connectivity index (χ3v) is 4.46. The van der Waals surface area contributed by atoms with Gasteiger partial charge in [0.05, 0.1) is 12.7 Å². The Kier molecular flexibility index (Phi) is 5.32. The minimum atomic E-state index is -4.50. The number of fused-ring (bicyclic) bond motifs is 1. The van der Waals surface area contributed by atoms with E-state index in [1.54, 1.807) is 6.07 Å². The number of aromatic hydroxyl groups is 1. The summed E-state index contributed by atoms with van der Waals surface area (Å²) in [6.07, 6.45) is -1.77. The van der Waals surface area contributed by atoms with Gasteiger partial charge in [-0.3, -0.25) is 0 Å². The number of esters is 1. The highest BCUT2D eigenvalue weighted by molar-refractivity contribution is 5.87. The molecule has 0 aliphatic rings. The van der Waals surface area contributed by atoms with Crippen LogP contribution in [0, 0.1) is 0 Å². The van der Waals surface area contributed by atoms with Crippen molar-refractivity contribution in [1.82, 2.24) is 15.0 Å². The molecule has 0 bridgehead atoms. The molecule has 6 nitrogen and oxygen atoms in total. The largest absolute Gasteiger partial charge is 0.505 e. The summed E-state index contributed by atoms with van der Waals surface area (Å²) < 4.78 is 43.5. The van der Waals surface area contributed by atoms with Gasteiger partial charge in [0.2, 0.25) is 0 Å². The fourth-order valence-electron chi connectivity index (χ4n) is 2.89. The van der Waals surface area contributed by atoms with Gasteiger partial charge >= 0.3 is 12.1 Å². The Balaban J connectivity index is 2.18. The van der Waals surface area contributed by atoms with E-state index < -0.39 is 23.1 Å². The zero-order valence-electron chi connectivity index (χ0n) is 16.8. The van der Waals surface area contributed by atoms with Crippen LogP contribution >= 0.6 is 0 Å². The van der Waals surface area contributed by atoms with Crippen LogP contribution in [-0.2, 0) is 21.1 Å². The molecule has 0 aliphatic carbocycles. The van der Waals surface area contributed by atoms with Crippen molar-refractivity contribution in [2.45, 2.75) is 32.4 Å². The first-order chi connectivity index (χ1) is 13.9. The lowest BCUT2D eigenvalue weighted by molar-refractivity contribution is -0.137. The number of methoxy groups -OCH3 is 1. The molecule has 2 aromatic carbocycles. The van der Waals surface area contributed by atoms with Gasteiger partial charge in [0, 0.05) is 11.6 Å². The summed E-state index contributed by atoms with van der Waals surface area (Å²) >= 11 is 0. The first-order valence-corrected chi connectivity index (χ1v) is 8.98. The Hall–Kier alpha value is -3.36. The molecule has 3 rings (SSSR count). The zero-order valence-corrected chi connectivity index (χ0v) is 16.8. The van der Waals surface area contributed by atoms with Crippen molar-refractivity contribution < 1.29 is 27.8 Å². The van der Waals surface area contributed by atoms with Crippen molar-refractivity contribution in [2.75, 3.05) is 7.11 Å². The molecule has 0 spiro atoms. The molecule has 1 N–H and O–H groups in total. The Morgan fingerprint density at radius 2 is 1.77 bits per heavy atom. The molecule has 0 aliphatic heterocycles. The molecule has 30 heavy (non-hydrogen) atoms. The summed E-state index contributed by atoms with van der Waals surface area (Å²) in [7, 11) is 1.25. The molecule has 0 fully saturated rings. The molecular formula is C21H20F3N3O3. The maximum Gasteiger partial charge on any atom is 0.416 e. The summed E-state index contributed by atoms with van der Waals surface area (Å²) in [6, 6.07) is 6.31. The quantitative estimate of drug-likeness (QED) is 0.495. The second-order valence-corrected chi connectivity index (χ2v) is 7.73. The minimum absolute atomic E-state index is 0.0389. The second-order valence-electron chi connectivity index (χ2n) is 7.73. The van der Waals surface area contributed by atoms with E-state index in [4.69, 9.17) is 0 Å². The number of alkyl halides is 3. The number of aromatic nitrogens is 3. The molecular weight excluding hydrogens is 399 g/mol. The second kappa shape index (κ2) is 7.47. The highest BCUT2D eigenvalue weighted by Crippen LogP contribution is 2.37. The number of rotatable bonds is 3. The Bertz CT molecular complexity index is 1140. The van der Waals surface area contributed by atoms with E-state index in [2.05, 4.69) is 14.9 Å². The molecule has 0 saturated carbocycles. The van der Waals surface area contributed by atoms with Crippen LogP contribution in [0.1, 0.15) is 37.5 Å². The molecule has 158 valence electrons. The molecule has 0 radical (unpaired) electrons. The highest BCUT2D eigenvalue weighted by Gasteiger charge is 2.31. The van der Waals surface area contributed by atoms with Crippen LogP contribution in [0.4, 0.5) is 13.2 Å². The molecule has 3 aromatic rings. The molecule has 0 atom stereocenters. The lowest BCUT2D eigenvalue weighted by atomic mass is 9.85. The molecule has 0 amide bonds. The third-order valence-electron chi connectivity index (χ3n) is 4.46. The summed E-state index contributed by atoms with van der Waals surface area (Å²) in [4.78, 5) is 12.5. The van der Waals surface area contributed by atoms with Crippen LogP contribution in [-0.4, -0.2) is 33.2 Å². The van der Waals surface area contributed by atoms with E-state index in [0.29, 0.717) is 11.1 Å². The van der Waals surface area contributed by atoms with Crippen LogP contribution in [0.2, 0.25) is 0 Å². The fraction of sp³-hybridized carbons (Fsp3) is 0.286. The normalized spacial score (nSPS) is 12.6. The van der Waals surface area contributed by atoms with Crippen LogP contribution in [0.3, 0.4) is 0 Å². The number of carbonyl (C=O) groups is 1. The number of benzene rings is 2. The van der Waals surface area contributed by atoms with Gasteiger partial charge in [-0.05, 0) is 47.4 Å². The van der Waals surface area contributed by atoms with Gasteiger partial charge in [-0.25, -0.2) is 4.79 Å². The number of halogens is 3. The van der Waals surface area contributed by atoms with Crippen molar-refractivity contribution in [1.29, 1.82) is 0 Å². The predicted octanol–water partition coefficient (Wildman–Crippen LogP) is 4.63. The van der Waals surface area contributed by atoms with Crippen molar-refractivity contribution in [2.24, 2.45) is 0 Å². The Morgan fingerprint density at radius 3 is 2.37 bits per heavy atom. The van der Waals surface area contributed by atoms with Gasteiger partial charge in [-0.1, -0.05) is 20.8 Å². The van der Waals surface area contributed by atoms with E-state index >= 15 is 0 Å². The number of phenols is 1. The number of hydrogen-bond acceptors (Lipinski definition) is 5. The lowest BCUT2D eigenvalue weighted by Gasteiger charge is -2.22. The summed E-state index contributed by atoms with van der Waals surface area (Å²) in [5.74, 6) is -0.654. The number of phenolic OH excluding ortho intramolecular Hbond substituents is 1. The van der Waals surface area contributed by atoms with Gasteiger partial charge < -0.3 is 9.84 Å². The highest BCUT2D eigenvalue weighted by atomic mass is 19.4. The zero-order chi connectivity index (χ0) is 22.3. The number of ether oxygens (including phenoxy) is 1. The fourth-order valence-corrected chi connectivity index (χ4v) is 2.89. The van der Waals surface area contributed by atoms with Gasteiger partial charge in [-0.2, -0.15) is 13.2 Å². The van der Waals surface area contributed by atoms with Crippen LogP contribution in [0.25, 0.3) is 22.8 Å². The van der Waals surface area contributed by atoms with Gasteiger partial charge in [-0.15, -0.1) is 15.0 Å². The summed E-state index contributed by atoms with van der Waals surface area (Å²) in [5, 5.41) is 19.2. The molecule has 9 heteroatoms. The third kappa shape index (κ3) is 4.29. The lowest BCUT2D eigenvalue weighted by Crippen LogP contribution is -2.13. The summed E-state index contributed by atoms with van der Waals surface area (Å²) in [5.41, 5.74) is 0.280. The van der Waals surface area contributed by atoms with E-state index in [-0.39, 0.29) is 22.5 Å². The predicted molar refractivity (Wildman–Crippen MR) is 105 cm³/mol. The average molecular weight is 419 g/mol. The van der Waals surface area contributed by atoms with E-state index in [1.165, 1.54) is 31.4 Å². The average Bonchev–Trinajstić information content (AvgIpc) is 3.08. The topological polar surface area (TPSA) is 77.2 Å².